The van der Waals surface area contributed by atoms with Crippen LogP contribution >= 0.6 is 0 Å². The van der Waals surface area contributed by atoms with E-state index in [1.54, 1.807) is 5.56 Å². The van der Waals surface area contributed by atoms with Gasteiger partial charge < -0.3 is 10.3 Å². The van der Waals surface area contributed by atoms with E-state index in [0.717, 1.165) is 38.8 Å². The van der Waals surface area contributed by atoms with E-state index in [0.29, 0.717) is 0 Å². The molecule has 0 spiro atoms. The molecular weight excluding hydrogens is 268 g/mol. The first-order valence-corrected chi connectivity index (χ1v) is 8.28. The van der Waals surface area contributed by atoms with E-state index in [2.05, 4.69) is 58.8 Å². The molecule has 0 saturated heterocycles. The second-order valence-electron chi connectivity index (χ2n) is 6.16. The van der Waals surface area contributed by atoms with Gasteiger partial charge in [0.15, 0.2) is 0 Å². The zero-order chi connectivity index (χ0) is 14.8. The number of aromatic nitrogens is 1. The van der Waals surface area contributed by atoms with E-state index in [1.807, 2.05) is 0 Å². The molecule has 1 aromatic heterocycles. The molecule has 2 N–H and O–H groups in total. The van der Waals surface area contributed by atoms with Crippen molar-refractivity contribution >= 4 is 10.9 Å². The summed E-state index contributed by atoms with van der Waals surface area (Å²) in [5.74, 6) is 0. The van der Waals surface area contributed by atoms with Crippen LogP contribution in [0.4, 0.5) is 0 Å². The minimum Gasteiger partial charge on any atom is -0.358 e. The van der Waals surface area contributed by atoms with Crippen molar-refractivity contribution in [3.63, 3.8) is 0 Å². The molecule has 2 nitrogen and oxygen atoms in total. The normalized spacial score (nSPS) is 14.7. The van der Waals surface area contributed by atoms with Gasteiger partial charge in [0.05, 0.1) is 0 Å². The van der Waals surface area contributed by atoms with Crippen LogP contribution in [-0.4, -0.2) is 18.1 Å². The summed E-state index contributed by atoms with van der Waals surface area (Å²) >= 11 is 0. The fraction of sp³-hybridized carbons (Fsp3) is 0.300. The number of H-pyrrole nitrogens is 1. The maximum absolute atomic E-state index is 3.65. The van der Waals surface area contributed by atoms with Crippen molar-refractivity contribution in [1.29, 1.82) is 0 Å². The smallest absolute Gasteiger partial charge is 0.0461 e. The zero-order valence-electron chi connectivity index (χ0n) is 12.9. The van der Waals surface area contributed by atoms with Gasteiger partial charge in [-0.05, 0) is 48.6 Å². The zero-order valence-corrected chi connectivity index (χ0v) is 12.9. The quantitative estimate of drug-likeness (QED) is 0.757. The van der Waals surface area contributed by atoms with E-state index in [9.17, 15) is 0 Å². The van der Waals surface area contributed by atoms with Crippen molar-refractivity contribution in [2.75, 3.05) is 13.1 Å². The molecule has 22 heavy (non-hydrogen) atoms. The summed E-state index contributed by atoms with van der Waals surface area (Å²) in [5.41, 5.74) is 7.21. The second-order valence-corrected chi connectivity index (χ2v) is 6.16. The number of hydrogen-bond acceptors (Lipinski definition) is 1. The highest BCUT2D eigenvalue weighted by Gasteiger charge is 2.16. The Kier molecular flexibility index (Phi) is 3.69. The van der Waals surface area contributed by atoms with E-state index >= 15 is 0 Å². The van der Waals surface area contributed by atoms with Crippen LogP contribution in [0.15, 0.2) is 48.5 Å². The molecule has 2 heterocycles. The fourth-order valence-electron chi connectivity index (χ4n) is 3.62. The average Bonchev–Trinajstić information content (AvgIpc) is 2.76. The van der Waals surface area contributed by atoms with Crippen LogP contribution in [-0.2, 0) is 25.7 Å². The molecule has 0 atom stereocenters. The van der Waals surface area contributed by atoms with Crippen molar-refractivity contribution in [3.8, 4) is 0 Å². The van der Waals surface area contributed by atoms with Gasteiger partial charge in [-0.15, -0.1) is 0 Å². The Hall–Kier alpha value is -2.06. The van der Waals surface area contributed by atoms with Crippen LogP contribution < -0.4 is 5.32 Å². The molecule has 0 aliphatic carbocycles. The molecule has 112 valence electrons. The third-order valence-corrected chi connectivity index (χ3v) is 4.73. The number of aryl methyl sites for hydroxylation is 2. The summed E-state index contributed by atoms with van der Waals surface area (Å²) in [5, 5.41) is 4.99. The third kappa shape index (κ3) is 2.55. The van der Waals surface area contributed by atoms with Crippen LogP contribution in [0.3, 0.4) is 0 Å². The number of rotatable bonds is 3. The SMILES string of the molecule is c1ccc(CCc2cccc3[nH]c4c(c23)CCNCC4)cc1. The summed E-state index contributed by atoms with van der Waals surface area (Å²) in [6, 6.07) is 17.5. The fourth-order valence-corrected chi connectivity index (χ4v) is 3.62. The first kappa shape index (κ1) is 13.6. The highest BCUT2D eigenvalue weighted by molar-refractivity contribution is 5.88. The summed E-state index contributed by atoms with van der Waals surface area (Å²) in [7, 11) is 0. The number of aromatic amines is 1. The van der Waals surface area contributed by atoms with Crippen molar-refractivity contribution < 1.29 is 0 Å². The Balaban J connectivity index is 1.69. The molecular formula is C20H22N2. The Morgan fingerprint density at radius 3 is 2.59 bits per heavy atom. The lowest BCUT2D eigenvalue weighted by Gasteiger charge is -2.07. The lowest BCUT2D eigenvalue weighted by Crippen LogP contribution is -2.16. The van der Waals surface area contributed by atoms with Gasteiger partial charge in [0.1, 0.15) is 0 Å². The van der Waals surface area contributed by atoms with Gasteiger partial charge in [-0.3, -0.25) is 0 Å². The molecule has 0 saturated carbocycles. The van der Waals surface area contributed by atoms with Gasteiger partial charge >= 0.3 is 0 Å². The van der Waals surface area contributed by atoms with E-state index in [-0.39, 0.29) is 0 Å². The molecule has 0 unspecified atom stereocenters. The molecule has 4 rings (SSSR count). The Labute approximate surface area is 131 Å². The molecule has 2 aromatic carbocycles. The summed E-state index contributed by atoms with van der Waals surface area (Å²) in [6.45, 7) is 2.17. The number of nitrogens with one attached hydrogen (secondary N) is 2. The van der Waals surface area contributed by atoms with Gasteiger partial charge in [-0.1, -0.05) is 42.5 Å². The Morgan fingerprint density at radius 1 is 0.818 bits per heavy atom. The van der Waals surface area contributed by atoms with E-state index in [1.165, 1.54) is 27.7 Å². The van der Waals surface area contributed by atoms with Crippen LogP contribution in [0, 0.1) is 0 Å². The van der Waals surface area contributed by atoms with E-state index in [4.69, 9.17) is 0 Å². The van der Waals surface area contributed by atoms with Crippen LogP contribution in [0.2, 0.25) is 0 Å². The number of benzene rings is 2. The highest BCUT2D eigenvalue weighted by atomic mass is 14.9. The lowest BCUT2D eigenvalue weighted by molar-refractivity contribution is 0.708. The van der Waals surface area contributed by atoms with Crippen LogP contribution in [0.25, 0.3) is 10.9 Å². The molecule has 2 heteroatoms. The van der Waals surface area contributed by atoms with Crippen LogP contribution in [0.5, 0.6) is 0 Å². The maximum atomic E-state index is 3.65. The summed E-state index contributed by atoms with van der Waals surface area (Å²) < 4.78 is 0. The van der Waals surface area contributed by atoms with Crippen molar-refractivity contribution in [1.82, 2.24) is 10.3 Å². The molecule has 3 aromatic rings. The van der Waals surface area contributed by atoms with Gasteiger partial charge in [0, 0.05) is 29.6 Å². The summed E-state index contributed by atoms with van der Waals surface area (Å²) in [4.78, 5) is 3.65. The van der Waals surface area contributed by atoms with Gasteiger partial charge in [0.2, 0.25) is 0 Å². The predicted molar refractivity (Wildman–Crippen MR) is 92.4 cm³/mol. The minimum atomic E-state index is 1.08. The van der Waals surface area contributed by atoms with Crippen LogP contribution in [0.1, 0.15) is 22.4 Å². The van der Waals surface area contributed by atoms with Crippen molar-refractivity contribution in [2.45, 2.75) is 25.7 Å². The van der Waals surface area contributed by atoms with E-state index < -0.39 is 0 Å². The first-order valence-electron chi connectivity index (χ1n) is 8.28. The third-order valence-electron chi connectivity index (χ3n) is 4.73. The minimum absolute atomic E-state index is 1.08. The largest absolute Gasteiger partial charge is 0.358 e. The molecule has 0 bridgehead atoms. The molecule has 0 fully saturated rings. The lowest BCUT2D eigenvalue weighted by atomic mass is 9.97. The Bertz CT molecular complexity index is 771. The molecule has 0 amide bonds. The standard InChI is InChI=1S/C20H22N2/c1-2-5-15(6-3-1)9-10-16-7-4-8-19-20(16)17-11-13-21-14-12-18(17)22-19/h1-8,21-22H,9-14H2. The first-order chi connectivity index (χ1) is 10.9. The van der Waals surface area contributed by atoms with Crippen molar-refractivity contribution in [2.24, 2.45) is 0 Å². The second kappa shape index (κ2) is 5.98. The predicted octanol–water partition coefficient (Wildman–Crippen LogP) is 3.64. The molecule has 1 aliphatic heterocycles. The molecule has 1 aliphatic rings. The van der Waals surface area contributed by atoms with Gasteiger partial charge in [-0.25, -0.2) is 0 Å². The van der Waals surface area contributed by atoms with Crippen molar-refractivity contribution in [3.05, 3.63) is 70.9 Å². The number of fused-ring (bicyclic) bond motifs is 3. The molecule has 0 radical (unpaired) electrons. The summed E-state index contributed by atoms with van der Waals surface area (Å²) in [6.07, 6.45) is 4.47. The average molecular weight is 290 g/mol. The maximum Gasteiger partial charge on any atom is 0.0461 e. The number of hydrogen-bond donors (Lipinski definition) is 2. The monoisotopic (exact) mass is 290 g/mol. The Morgan fingerprint density at radius 2 is 1.68 bits per heavy atom. The highest BCUT2D eigenvalue weighted by Crippen LogP contribution is 2.28. The topological polar surface area (TPSA) is 27.8 Å². The van der Waals surface area contributed by atoms with Gasteiger partial charge in [-0.2, -0.15) is 0 Å². The van der Waals surface area contributed by atoms with Gasteiger partial charge in [0.25, 0.3) is 0 Å².